The molecule has 0 saturated heterocycles. The fourth-order valence-corrected chi connectivity index (χ4v) is 3.46. The molecule has 1 unspecified atom stereocenters. The second kappa shape index (κ2) is 6.14. The first-order valence-corrected chi connectivity index (χ1v) is 8.54. The van der Waals surface area contributed by atoms with Gasteiger partial charge in [0.1, 0.15) is 0 Å². The molecule has 0 saturated carbocycles. The molecule has 2 heterocycles. The molecule has 25 heavy (non-hydrogen) atoms. The van der Waals surface area contributed by atoms with Crippen molar-refractivity contribution in [3.05, 3.63) is 86.8 Å². The third-order valence-corrected chi connectivity index (χ3v) is 4.87. The lowest BCUT2D eigenvalue weighted by Gasteiger charge is -2.27. The fraction of sp³-hybridized carbons (Fsp3) is 0.105. The lowest BCUT2D eigenvalue weighted by Crippen LogP contribution is -2.21. The van der Waals surface area contributed by atoms with Crippen molar-refractivity contribution in [2.45, 2.75) is 12.8 Å². The molecule has 6 heteroatoms. The zero-order chi connectivity index (χ0) is 17.6. The number of halogens is 2. The van der Waals surface area contributed by atoms with E-state index in [-0.39, 0.29) is 5.92 Å². The molecule has 0 spiro atoms. The maximum atomic E-state index is 6.28. The molecule has 1 aliphatic rings. The second-order valence-corrected chi connectivity index (χ2v) is 6.81. The van der Waals surface area contributed by atoms with Crippen LogP contribution in [0.4, 0.5) is 0 Å². The van der Waals surface area contributed by atoms with Gasteiger partial charge in [0.25, 0.3) is 0 Å². The molecule has 0 amide bonds. The van der Waals surface area contributed by atoms with Gasteiger partial charge in [-0.3, -0.25) is 5.10 Å². The van der Waals surface area contributed by atoms with Crippen molar-refractivity contribution in [2.24, 2.45) is 5.73 Å². The summed E-state index contributed by atoms with van der Waals surface area (Å²) >= 11 is 12.1. The number of aromatic amines is 1. The van der Waals surface area contributed by atoms with E-state index in [2.05, 4.69) is 10.2 Å². The van der Waals surface area contributed by atoms with Crippen molar-refractivity contribution in [1.29, 1.82) is 0 Å². The van der Waals surface area contributed by atoms with Crippen molar-refractivity contribution in [1.82, 2.24) is 10.2 Å². The maximum absolute atomic E-state index is 6.28. The number of ether oxygens (including phenoxy) is 1. The Morgan fingerprint density at radius 2 is 1.60 bits per heavy atom. The predicted molar refractivity (Wildman–Crippen MR) is 99.8 cm³/mol. The monoisotopic (exact) mass is 371 g/mol. The summed E-state index contributed by atoms with van der Waals surface area (Å²) < 4.78 is 5.78. The molecule has 3 N–H and O–H groups in total. The number of nitrogens with zero attached hydrogens (tertiary/aromatic N) is 1. The number of aryl methyl sites for hydroxylation is 1. The van der Waals surface area contributed by atoms with Crippen LogP contribution in [0.1, 0.15) is 28.3 Å². The summed E-state index contributed by atoms with van der Waals surface area (Å²) in [5.41, 5.74) is 11.1. The summed E-state index contributed by atoms with van der Waals surface area (Å²) in [5.74, 6) is 0.731. The van der Waals surface area contributed by atoms with Crippen LogP contribution in [0.5, 0.6) is 5.88 Å². The van der Waals surface area contributed by atoms with E-state index in [4.69, 9.17) is 33.7 Å². The first-order chi connectivity index (χ1) is 12.0. The van der Waals surface area contributed by atoms with Crippen LogP contribution >= 0.6 is 23.2 Å². The molecule has 4 rings (SSSR count). The normalized spacial score (nSPS) is 16.5. The third-order valence-electron chi connectivity index (χ3n) is 4.37. The van der Waals surface area contributed by atoms with E-state index < -0.39 is 0 Å². The third kappa shape index (κ3) is 2.77. The molecule has 0 radical (unpaired) electrons. The highest BCUT2D eigenvalue weighted by molar-refractivity contribution is 6.30. The number of rotatable bonds is 2. The number of allylic oxidation sites excluding steroid dienone is 1. The van der Waals surface area contributed by atoms with Crippen molar-refractivity contribution in [2.75, 3.05) is 0 Å². The van der Waals surface area contributed by atoms with Gasteiger partial charge in [0.05, 0.1) is 0 Å². The lowest BCUT2D eigenvalue weighted by molar-refractivity contribution is 0.389. The van der Waals surface area contributed by atoms with Gasteiger partial charge in [0.2, 0.25) is 5.88 Å². The van der Waals surface area contributed by atoms with Crippen LogP contribution in [0.3, 0.4) is 0 Å². The number of hydrogen-bond acceptors (Lipinski definition) is 3. The molecule has 3 aromatic rings. The summed E-state index contributed by atoms with van der Waals surface area (Å²) in [6.07, 6.45) is 0. The number of nitrogens with one attached hydrogen (secondary N) is 1. The quantitative estimate of drug-likeness (QED) is 0.674. The number of nitrogens with two attached hydrogens (primary N) is 1. The first kappa shape index (κ1) is 16.1. The molecule has 4 nitrogen and oxygen atoms in total. The van der Waals surface area contributed by atoms with Gasteiger partial charge in [-0.1, -0.05) is 47.5 Å². The van der Waals surface area contributed by atoms with Gasteiger partial charge in [-0.05, 0) is 42.3 Å². The zero-order valence-electron chi connectivity index (χ0n) is 13.4. The minimum Gasteiger partial charge on any atom is -0.421 e. The van der Waals surface area contributed by atoms with Crippen LogP contribution in [0.15, 0.2) is 54.4 Å². The van der Waals surface area contributed by atoms with Gasteiger partial charge in [-0.15, -0.1) is 5.10 Å². The number of benzene rings is 2. The van der Waals surface area contributed by atoms with E-state index in [9.17, 15) is 0 Å². The van der Waals surface area contributed by atoms with E-state index in [1.54, 1.807) is 0 Å². The Balaban J connectivity index is 1.94. The summed E-state index contributed by atoms with van der Waals surface area (Å²) in [6, 6.07) is 15.3. The lowest BCUT2D eigenvalue weighted by atomic mass is 9.80. The van der Waals surface area contributed by atoms with Crippen LogP contribution in [0.2, 0.25) is 10.0 Å². The molecule has 0 fully saturated rings. The van der Waals surface area contributed by atoms with Gasteiger partial charge in [0.15, 0.2) is 5.88 Å². The van der Waals surface area contributed by atoms with Gasteiger partial charge in [-0.2, -0.15) is 0 Å². The minimum absolute atomic E-state index is 0.110. The Morgan fingerprint density at radius 1 is 1.00 bits per heavy atom. The Labute approximate surface area is 155 Å². The second-order valence-electron chi connectivity index (χ2n) is 5.94. The molecule has 0 bridgehead atoms. The Kier molecular flexibility index (Phi) is 3.94. The highest BCUT2D eigenvalue weighted by Crippen LogP contribution is 2.47. The highest BCUT2D eigenvalue weighted by Gasteiger charge is 2.34. The summed E-state index contributed by atoms with van der Waals surface area (Å²) in [6.45, 7) is 1.97. The van der Waals surface area contributed by atoms with Gasteiger partial charge in [-0.25, -0.2) is 0 Å². The molecular weight excluding hydrogens is 357 g/mol. The SMILES string of the molecule is Cc1[nH]nc2c1C(c1ccc(Cl)cc1)C(c1ccc(Cl)cc1)=C(N)O2. The van der Waals surface area contributed by atoms with Crippen LogP contribution in [-0.4, -0.2) is 10.2 Å². The Bertz CT molecular complexity index is 959. The molecular formula is C19H15Cl2N3O. The standard InChI is InChI=1S/C19H15Cl2N3O/c1-10-15-16(11-2-6-13(20)7-3-11)17(12-4-8-14(21)9-5-12)18(22)25-19(15)24-23-10/h2-9,16H,22H2,1H3,(H,23,24). The molecule has 1 atom stereocenters. The average molecular weight is 372 g/mol. The first-order valence-electron chi connectivity index (χ1n) is 7.78. The smallest absolute Gasteiger partial charge is 0.244 e. The Morgan fingerprint density at radius 3 is 2.24 bits per heavy atom. The van der Waals surface area contributed by atoms with E-state index in [0.717, 1.165) is 28.0 Å². The molecule has 0 aliphatic carbocycles. The van der Waals surface area contributed by atoms with E-state index in [0.29, 0.717) is 21.8 Å². The van der Waals surface area contributed by atoms with Crippen LogP contribution in [-0.2, 0) is 0 Å². The van der Waals surface area contributed by atoms with Gasteiger partial charge >= 0.3 is 0 Å². The molecule has 2 aromatic carbocycles. The topological polar surface area (TPSA) is 63.9 Å². The fourth-order valence-electron chi connectivity index (χ4n) is 3.21. The predicted octanol–water partition coefficient (Wildman–Crippen LogP) is 4.88. The summed E-state index contributed by atoms with van der Waals surface area (Å²) in [5, 5.41) is 8.58. The van der Waals surface area contributed by atoms with Gasteiger partial charge in [0, 0.05) is 32.8 Å². The summed E-state index contributed by atoms with van der Waals surface area (Å²) in [7, 11) is 0. The minimum atomic E-state index is -0.110. The van der Waals surface area contributed by atoms with Crippen molar-refractivity contribution in [3.8, 4) is 5.88 Å². The van der Waals surface area contributed by atoms with Crippen molar-refractivity contribution in [3.63, 3.8) is 0 Å². The van der Waals surface area contributed by atoms with Crippen LogP contribution in [0, 0.1) is 6.92 Å². The molecule has 126 valence electrons. The van der Waals surface area contributed by atoms with E-state index in [1.807, 2.05) is 55.5 Å². The molecule has 1 aromatic heterocycles. The average Bonchev–Trinajstić information content (AvgIpc) is 2.96. The largest absolute Gasteiger partial charge is 0.421 e. The van der Waals surface area contributed by atoms with Gasteiger partial charge < -0.3 is 10.5 Å². The summed E-state index contributed by atoms with van der Waals surface area (Å²) in [4.78, 5) is 0. The number of aromatic nitrogens is 2. The van der Waals surface area contributed by atoms with Crippen molar-refractivity contribution < 1.29 is 4.74 Å². The van der Waals surface area contributed by atoms with Crippen molar-refractivity contribution >= 4 is 28.8 Å². The highest BCUT2D eigenvalue weighted by atomic mass is 35.5. The number of H-pyrrole nitrogens is 1. The molecule has 1 aliphatic heterocycles. The van der Waals surface area contributed by atoms with Crippen LogP contribution in [0.25, 0.3) is 5.57 Å². The maximum Gasteiger partial charge on any atom is 0.244 e. The van der Waals surface area contributed by atoms with E-state index in [1.165, 1.54) is 0 Å². The van der Waals surface area contributed by atoms with E-state index >= 15 is 0 Å². The number of fused-ring (bicyclic) bond motifs is 1. The Hall–Kier alpha value is -2.43. The van der Waals surface area contributed by atoms with Crippen LogP contribution < -0.4 is 10.5 Å². The zero-order valence-corrected chi connectivity index (χ0v) is 14.9. The number of hydrogen-bond donors (Lipinski definition) is 2.